The summed E-state index contributed by atoms with van der Waals surface area (Å²) in [5, 5.41) is 0. The molecule has 0 unspecified atom stereocenters. The molecular formula is C18H23NO4. The minimum atomic E-state index is -0.806. The van der Waals surface area contributed by atoms with Crippen LogP contribution >= 0.6 is 0 Å². The van der Waals surface area contributed by atoms with E-state index in [1.54, 1.807) is 13.8 Å². The summed E-state index contributed by atoms with van der Waals surface area (Å²) in [5.74, 6) is -0.458. The molecule has 0 fully saturated rings. The number of hydrogen-bond acceptors (Lipinski definition) is 5. The van der Waals surface area contributed by atoms with E-state index in [4.69, 9.17) is 9.47 Å². The Morgan fingerprint density at radius 2 is 1.83 bits per heavy atom. The van der Waals surface area contributed by atoms with Crippen molar-refractivity contribution in [2.45, 2.75) is 32.8 Å². The number of benzene rings is 1. The van der Waals surface area contributed by atoms with E-state index in [1.807, 2.05) is 43.3 Å². The molecule has 1 aromatic carbocycles. The Kier molecular flexibility index (Phi) is 5.08. The fourth-order valence-corrected chi connectivity index (χ4v) is 2.89. The van der Waals surface area contributed by atoms with E-state index < -0.39 is 18.0 Å². The normalized spacial score (nSPS) is 20.2. The highest BCUT2D eigenvalue weighted by Gasteiger charge is 2.43. The number of anilines is 1. The Balaban J connectivity index is 2.42. The molecule has 5 heteroatoms. The van der Waals surface area contributed by atoms with E-state index >= 15 is 0 Å². The van der Waals surface area contributed by atoms with Gasteiger partial charge >= 0.3 is 5.97 Å². The zero-order valence-electron chi connectivity index (χ0n) is 14.3. The summed E-state index contributed by atoms with van der Waals surface area (Å²) in [7, 11) is 3.92. The lowest BCUT2D eigenvalue weighted by atomic mass is 9.85. The molecule has 0 radical (unpaired) electrons. The largest absolute Gasteiger partial charge is 0.482 e. The Hall–Kier alpha value is -2.30. The molecule has 2 atom stereocenters. The molecule has 0 amide bonds. The first kappa shape index (κ1) is 17.1. The van der Waals surface area contributed by atoms with Gasteiger partial charge in [-0.25, -0.2) is 4.79 Å². The maximum Gasteiger partial charge on any atom is 0.348 e. The third-order valence-electron chi connectivity index (χ3n) is 3.96. The summed E-state index contributed by atoms with van der Waals surface area (Å²) in [6.07, 6.45) is -0.806. The van der Waals surface area contributed by atoms with E-state index in [0.29, 0.717) is 11.3 Å². The molecule has 2 rings (SSSR count). The lowest BCUT2D eigenvalue weighted by Crippen LogP contribution is -2.30. The molecule has 124 valence electrons. The molecule has 5 nitrogen and oxygen atoms in total. The standard InChI is InChI=1S/C18H23NO4/c1-6-22-18(21)17-16(15(11(2)20)12(3)23-17)13-7-9-14(10-8-13)19(4)5/h7-10,16-17H,6H2,1-5H3/t16-,17-/m1/s1. The van der Waals surface area contributed by atoms with Crippen LogP contribution in [0.25, 0.3) is 0 Å². The van der Waals surface area contributed by atoms with Gasteiger partial charge in [-0.05, 0) is 38.5 Å². The molecule has 0 aromatic heterocycles. The van der Waals surface area contributed by atoms with Gasteiger partial charge in [0.15, 0.2) is 5.78 Å². The van der Waals surface area contributed by atoms with Gasteiger partial charge in [0.25, 0.3) is 0 Å². The van der Waals surface area contributed by atoms with Crippen molar-refractivity contribution in [2.24, 2.45) is 0 Å². The monoisotopic (exact) mass is 317 g/mol. The second kappa shape index (κ2) is 6.86. The molecule has 0 saturated carbocycles. The molecule has 0 spiro atoms. The zero-order chi connectivity index (χ0) is 17.1. The summed E-state index contributed by atoms with van der Waals surface area (Å²) in [4.78, 5) is 26.3. The van der Waals surface area contributed by atoms with Crippen molar-refractivity contribution in [3.63, 3.8) is 0 Å². The predicted octanol–water partition coefficient (Wildman–Crippen LogP) is 2.66. The first-order valence-electron chi connectivity index (χ1n) is 7.69. The van der Waals surface area contributed by atoms with Crippen LogP contribution in [0.2, 0.25) is 0 Å². The fourth-order valence-electron chi connectivity index (χ4n) is 2.89. The summed E-state index contributed by atoms with van der Waals surface area (Å²) in [6.45, 7) is 5.24. The number of carbonyl (C=O) groups is 2. The van der Waals surface area contributed by atoms with Crippen molar-refractivity contribution in [2.75, 3.05) is 25.6 Å². The van der Waals surface area contributed by atoms with Crippen LogP contribution in [-0.4, -0.2) is 38.6 Å². The van der Waals surface area contributed by atoms with Gasteiger partial charge in [0.2, 0.25) is 6.10 Å². The molecule has 1 heterocycles. The highest BCUT2D eigenvalue weighted by Crippen LogP contribution is 2.40. The van der Waals surface area contributed by atoms with Crippen LogP contribution in [0, 0.1) is 0 Å². The Morgan fingerprint density at radius 3 is 2.30 bits per heavy atom. The van der Waals surface area contributed by atoms with Gasteiger partial charge in [0.1, 0.15) is 5.76 Å². The molecule has 23 heavy (non-hydrogen) atoms. The number of esters is 1. The van der Waals surface area contributed by atoms with Gasteiger partial charge in [0.05, 0.1) is 12.5 Å². The third kappa shape index (κ3) is 3.38. The number of Topliss-reactive ketones (excluding diaryl/α,β-unsaturated/α-hetero) is 1. The lowest BCUT2D eigenvalue weighted by molar-refractivity contribution is -0.153. The molecular weight excluding hydrogens is 294 g/mol. The van der Waals surface area contributed by atoms with Gasteiger partial charge in [-0.15, -0.1) is 0 Å². The second-order valence-electron chi connectivity index (χ2n) is 5.78. The fraction of sp³-hybridized carbons (Fsp3) is 0.444. The number of allylic oxidation sites excluding steroid dienone is 1. The molecule has 1 aliphatic rings. The van der Waals surface area contributed by atoms with Gasteiger partial charge in [-0.2, -0.15) is 0 Å². The summed E-state index contributed by atoms with van der Waals surface area (Å²) in [5.41, 5.74) is 2.46. The van der Waals surface area contributed by atoms with E-state index in [1.165, 1.54) is 6.92 Å². The smallest absolute Gasteiger partial charge is 0.348 e. The zero-order valence-corrected chi connectivity index (χ0v) is 14.3. The Labute approximate surface area is 136 Å². The van der Waals surface area contributed by atoms with Crippen molar-refractivity contribution in [1.29, 1.82) is 0 Å². The van der Waals surface area contributed by atoms with Crippen LogP contribution in [0.1, 0.15) is 32.3 Å². The summed E-state index contributed by atoms with van der Waals surface area (Å²) >= 11 is 0. The van der Waals surface area contributed by atoms with Crippen LogP contribution in [0.3, 0.4) is 0 Å². The maximum atomic E-state index is 12.2. The minimum absolute atomic E-state index is 0.0871. The Bertz CT molecular complexity index is 631. The molecule has 0 N–H and O–H groups in total. The molecule has 1 aliphatic heterocycles. The van der Waals surface area contributed by atoms with Crippen molar-refractivity contribution < 1.29 is 19.1 Å². The summed E-state index contributed by atoms with van der Waals surface area (Å²) in [6, 6.07) is 7.78. The highest BCUT2D eigenvalue weighted by atomic mass is 16.6. The number of rotatable bonds is 5. The molecule has 1 aromatic rings. The first-order valence-corrected chi connectivity index (χ1v) is 7.69. The lowest BCUT2D eigenvalue weighted by Gasteiger charge is -2.20. The van der Waals surface area contributed by atoms with Crippen LogP contribution in [0.4, 0.5) is 5.69 Å². The van der Waals surface area contributed by atoms with Crippen molar-refractivity contribution in [3.05, 3.63) is 41.2 Å². The van der Waals surface area contributed by atoms with Crippen LogP contribution in [0.5, 0.6) is 0 Å². The maximum absolute atomic E-state index is 12.2. The summed E-state index contributed by atoms with van der Waals surface area (Å²) < 4.78 is 10.8. The van der Waals surface area contributed by atoms with Gasteiger partial charge < -0.3 is 14.4 Å². The van der Waals surface area contributed by atoms with E-state index in [0.717, 1.165) is 11.3 Å². The van der Waals surface area contributed by atoms with E-state index in [2.05, 4.69) is 0 Å². The van der Waals surface area contributed by atoms with E-state index in [-0.39, 0.29) is 12.4 Å². The van der Waals surface area contributed by atoms with Crippen molar-refractivity contribution in [1.82, 2.24) is 0 Å². The quantitative estimate of drug-likeness (QED) is 0.782. The van der Waals surface area contributed by atoms with Gasteiger partial charge in [-0.3, -0.25) is 4.79 Å². The van der Waals surface area contributed by atoms with Crippen LogP contribution in [0.15, 0.2) is 35.6 Å². The topological polar surface area (TPSA) is 55.8 Å². The SMILES string of the molecule is CCOC(=O)[C@@H]1OC(C)=C(C(C)=O)[C@H]1c1ccc(N(C)C)cc1. The van der Waals surface area contributed by atoms with E-state index in [9.17, 15) is 9.59 Å². The van der Waals surface area contributed by atoms with Crippen molar-refractivity contribution in [3.8, 4) is 0 Å². The molecule has 0 aliphatic carbocycles. The average molecular weight is 317 g/mol. The first-order chi connectivity index (χ1) is 10.9. The van der Waals surface area contributed by atoms with Crippen molar-refractivity contribution >= 4 is 17.4 Å². The second-order valence-corrected chi connectivity index (χ2v) is 5.78. The average Bonchev–Trinajstić information content (AvgIpc) is 2.85. The van der Waals surface area contributed by atoms with Crippen LogP contribution < -0.4 is 4.90 Å². The number of nitrogens with zero attached hydrogens (tertiary/aromatic N) is 1. The number of ketones is 1. The number of hydrogen-bond donors (Lipinski definition) is 0. The third-order valence-corrected chi connectivity index (χ3v) is 3.96. The highest BCUT2D eigenvalue weighted by molar-refractivity contribution is 5.97. The Morgan fingerprint density at radius 1 is 1.22 bits per heavy atom. The number of carbonyl (C=O) groups excluding carboxylic acids is 2. The number of ether oxygens (including phenoxy) is 2. The minimum Gasteiger partial charge on any atom is -0.482 e. The van der Waals surface area contributed by atoms with Gasteiger partial charge in [-0.1, -0.05) is 12.1 Å². The molecule has 0 bridgehead atoms. The molecule has 0 saturated heterocycles. The predicted molar refractivity (Wildman–Crippen MR) is 88.4 cm³/mol. The van der Waals surface area contributed by atoms with Gasteiger partial charge in [0, 0.05) is 25.4 Å². The van der Waals surface area contributed by atoms with Crippen LogP contribution in [-0.2, 0) is 19.1 Å².